The van der Waals surface area contributed by atoms with Gasteiger partial charge in [-0.25, -0.2) is 4.98 Å². The summed E-state index contributed by atoms with van der Waals surface area (Å²) in [5.74, 6) is 6.45. The molecule has 1 unspecified atom stereocenters. The van der Waals surface area contributed by atoms with E-state index < -0.39 is 5.60 Å². The summed E-state index contributed by atoms with van der Waals surface area (Å²) in [6, 6.07) is 0. The van der Waals surface area contributed by atoms with Crippen molar-refractivity contribution in [2.75, 3.05) is 0 Å². The van der Waals surface area contributed by atoms with Gasteiger partial charge in [-0.15, -0.1) is 0 Å². The van der Waals surface area contributed by atoms with Crippen LogP contribution in [0.25, 0.3) is 0 Å². The maximum Gasteiger partial charge on any atom is 0.185 e. The van der Waals surface area contributed by atoms with Gasteiger partial charge in [-0.1, -0.05) is 17.6 Å². The van der Waals surface area contributed by atoms with Gasteiger partial charge in [-0.3, -0.25) is 0 Å². The van der Waals surface area contributed by atoms with Crippen LogP contribution in [0.4, 0.5) is 0 Å². The third-order valence-electron chi connectivity index (χ3n) is 2.45. The van der Waals surface area contributed by atoms with Crippen molar-refractivity contribution in [3.63, 3.8) is 0 Å². The van der Waals surface area contributed by atoms with E-state index in [1.54, 1.807) is 13.1 Å². The standard InChI is InChI=1S/C14H20N2O/c1-12(2)6-5-8-14(3,17)9-7-13-15-10-11-16(13)4/h6,10-11,17H,5,8H2,1-4H3. The Morgan fingerprint density at radius 3 is 2.82 bits per heavy atom. The second kappa shape index (κ2) is 5.70. The molecule has 0 radical (unpaired) electrons. The van der Waals surface area contributed by atoms with E-state index in [1.807, 2.05) is 31.7 Å². The third-order valence-corrected chi connectivity index (χ3v) is 2.45. The van der Waals surface area contributed by atoms with Crippen molar-refractivity contribution in [2.45, 2.75) is 39.2 Å². The average Bonchev–Trinajstić information content (AvgIpc) is 2.60. The average molecular weight is 232 g/mol. The van der Waals surface area contributed by atoms with Gasteiger partial charge in [0, 0.05) is 19.4 Å². The fourth-order valence-corrected chi connectivity index (χ4v) is 1.38. The molecule has 1 heterocycles. The highest BCUT2D eigenvalue weighted by Crippen LogP contribution is 2.12. The summed E-state index contributed by atoms with van der Waals surface area (Å²) in [5, 5.41) is 10.1. The van der Waals surface area contributed by atoms with E-state index in [0.29, 0.717) is 12.2 Å². The first kappa shape index (κ1) is 13.5. The molecule has 92 valence electrons. The van der Waals surface area contributed by atoms with Crippen molar-refractivity contribution >= 4 is 0 Å². The Morgan fingerprint density at radius 2 is 2.29 bits per heavy atom. The van der Waals surface area contributed by atoms with Crippen molar-refractivity contribution in [1.82, 2.24) is 9.55 Å². The lowest BCUT2D eigenvalue weighted by Crippen LogP contribution is -2.21. The van der Waals surface area contributed by atoms with Crippen molar-refractivity contribution in [1.29, 1.82) is 0 Å². The highest BCUT2D eigenvalue weighted by Gasteiger charge is 2.15. The van der Waals surface area contributed by atoms with Crippen LogP contribution in [0.5, 0.6) is 0 Å². The van der Waals surface area contributed by atoms with Crippen LogP contribution >= 0.6 is 0 Å². The molecule has 3 heteroatoms. The fourth-order valence-electron chi connectivity index (χ4n) is 1.38. The number of hydrogen-bond acceptors (Lipinski definition) is 2. The van der Waals surface area contributed by atoms with Gasteiger partial charge >= 0.3 is 0 Å². The summed E-state index contributed by atoms with van der Waals surface area (Å²) in [5.41, 5.74) is 0.301. The van der Waals surface area contributed by atoms with Crippen LogP contribution in [0.1, 0.15) is 39.4 Å². The molecule has 1 atom stereocenters. The fraction of sp³-hybridized carbons (Fsp3) is 0.500. The van der Waals surface area contributed by atoms with Crippen molar-refractivity contribution < 1.29 is 5.11 Å². The normalized spacial score (nSPS) is 13.5. The van der Waals surface area contributed by atoms with Gasteiger partial charge in [-0.2, -0.15) is 0 Å². The summed E-state index contributed by atoms with van der Waals surface area (Å²) in [4.78, 5) is 4.09. The highest BCUT2D eigenvalue weighted by atomic mass is 16.3. The van der Waals surface area contributed by atoms with E-state index in [4.69, 9.17) is 0 Å². The summed E-state index contributed by atoms with van der Waals surface area (Å²) >= 11 is 0. The van der Waals surface area contributed by atoms with Gasteiger partial charge < -0.3 is 9.67 Å². The number of aryl methyl sites for hydroxylation is 1. The minimum absolute atomic E-state index is 0.635. The van der Waals surface area contributed by atoms with Crippen LogP contribution in [0.15, 0.2) is 24.0 Å². The molecule has 1 aromatic rings. The zero-order valence-corrected chi connectivity index (χ0v) is 11.0. The number of aliphatic hydroxyl groups is 1. The lowest BCUT2D eigenvalue weighted by molar-refractivity contribution is 0.113. The zero-order chi connectivity index (χ0) is 12.9. The van der Waals surface area contributed by atoms with Crippen LogP contribution < -0.4 is 0 Å². The molecule has 0 fully saturated rings. The van der Waals surface area contributed by atoms with Gasteiger partial charge in [-0.05, 0) is 39.5 Å². The van der Waals surface area contributed by atoms with Gasteiger partial charge in [0.25, 0.3) is 0 Å². The SMILES string of the molecule is CC(C)=CCCC(C)(O)C#Cc1nccn1C. The number of rotatable bonds is 3. The molecule has 0 aliphatic rings. The van der Waals surface area contributed by atoms with Crippen LogP contribution in [0, 0.1) is 11.8 Å². The molecule has 0 aromatic carbocycles. The molecule has 1 N–H and O–H groups in total. The predicted molar refractivity (Wildman–Crippen MR) is 69.4 cm³/mol. The van der Waals surface area contributed by atoms with Crippen molar-refractivity contribution in [2.24, 2.45) is 7.05 Å². The van der Waals surface area contributed by atoms with E-state index in [-0.39, 0.29) is 0 Å². The molecular formula is C14H20N2O. The molecule has 0 amide bonds. The Bertz CT molecular complexity index is 454. The van der Waals surface area contributed by atoms with Gasteiger partial charge in [0.05, 0.1) is 0 Å². The molecule has 0 spiro atoms. The monoisotopic (exact) mass is 232 g/mol. The largest absolute Gasteiger partial charge is 0.378 e. The van der Waals surface area contributed by atoms with Crippen molar-refractivity contribution in [3.8, 4) is 11.8 Å². The minimum Gasteiger partial charge on any atom is -0.378 e. The maximum atomic E-state index is 10.1. The van der Waals surface area contributed by atoms with E-state index in [2.05, 4.69) is 22.9 Å². The second-order valence-electron chi connectivity index (χ2n) is 4.71. The molecule has 1 rings (SSSR count). The van der Waals surface area contributed by atoms with Gasteiger partial charge in [0.2, 0.25) is 0 Å². The van der Waals surface area contributed by atoms with E-state index >= 15 is 0 Å². The molecule has 0 aliphatic carbocycles. The zero-order valence-electron chi connectivity index (χ0n) is 11.0. The summed E-state index contributed by atoms with van der Waals surface area (Å²) in [6.45, 7) is 5.84. The van der Waals surface area contributed by atoms with E-state index in [1.165, 1.54) is 5.57 Å². The number of aromatic nitrogens is 2. The van der Waals surface area contributed by atoms with Gasteiger partial charge in [0.15, 0.2) is 5.82 Å². The molecule has 0 bridgehead atoms. The summed E-state index contributed by atoms with van der Waals surface area (Å²) in [6.07, 6.45) is 7.11. The van der Waals surface area contributed by atoms with Crippen molar-refractivity contribution in [3.05, 3.63) is 29.9 Å². The quantitative estimate of drug-likeness (QED) is 0.641. The Hall–Kier alpha value is -1.53. The highest BCUT2D eigenvalue weighted by molar-refractivity contribution is 5.25. The van der Waals surface area contributed by atoms with Crippen LogP contribution in [0.2, 0.25) is 0 Å². The Kier molecular flexibility index (Phi) is 4.53. The Balaban J connectivity index is 2.64. The first-order valence-corrected chi connectivity index (χ1v) is 5.77. The van der Waals surface area contributed by atoms with E-state index in [9.17, 15) is 5.11 Å². The lowest BCUT2D eigenvalue weighted by atomic mass is 10.0. The number of hydrogen-bond donors (Lipinski definition) is 1. The second-order valence-corrected chi connectivity index (χ2v) is 4.71. The number of nitrogens with zero attached hydrogens (tertiary/aromatic N) is 2. The number of imidazole rings is 1. The first-order chi connectivity index (χ1) is 7.91. The maximum absolute atomic E-state index is 10.1. The topological polar surface area (TPSA) is 38.1 Å². The van der Waals surface area contributed by atoms with E-state index in [0.717, 1.165) is 6.42 Å². The molecule has 0 aliphatic heterocycles. The Labute approximate surface area is 103 Å². The first-order valence-electron chi connectivity index (χ1n) is 5.77. The van der Waals surface area contributed by atoms with Crippen LogP contribution in [-0.2, 0) is 7.05 Å². The number of allylic oxidation sites excluding steroid dienone is 2. The predicted octanol–water partition coefficient (Wildman–Crippen LogP) is 2.27. The Morgan fingerprint density at radius 1 is 1.59 bits per heavy atom. The molecule has 0 saturated heterocycles. The summed E-state index contributed by atoms with van der Waals surface area (Å²) < 4.78 is 1.83. The smallest absolute Gasteiger partial charge is 0.185 e. The summed E-state index contributed by atoms with van der Waals surface area (Å²) in [7, 11) is 1.88. The minimum atomic E-state index is -0.960. The van der Waals surface area contributed by atoms with Crippen LogP contribution in [0.3, 0.4) is 0 Å². The molecule has 1 aromatic heterocycles. The van der Waals surface area contributed by atoms with Gasteiger partial charge in [0.1, 0.15) is 5.60 Å². The molecule has 0 saturated carbocycles. The molecule has 3 nitrogen and oxygen atoms in total. The van der Waals surface area contributed by atoms with Crippen LogP contribution in [-0.4, -0.2) is 20.3 Å². The third kappa shape index (κ3) is 4.88. The lowest BCUT2D eigenvalue weighted by Gasteiger charge is -2.14. The molecular weight excluding hydrogens is 212 g/mol. The molecule has 17 heavy (non-hydrogen) atoms.